The topological polar surface area (TPSA) is 0 Å². The van der Waals surface area contributed by atoms with Crippen molar-refractivity contribution in [1.82, 2.24) is 0 Å². The molecule has 1 heteroatoms. The van der Waals surface area contributed by atoms with Crippen molar-refractivity contribution < 1.29 is 23.3 Å². The van der Waals surface area contributed by atoms with Crippen molar-refractivity contribution in [3.63, 3.8) is 0 Å². The Balaban J connectivity index is 2.35. The first-order valence-electron chi connectivity index (χ1n) is 16.2. The Hall–Kier alpha value is -2.90. The first kappa shape index (κ1) is 6.32. The van der Waals surface area contributed by atoms with Crippen molar-refractivity contribution in [2.75, 3.05) is 0 Å². The van der Waals surface area contributed by atoms with Crippen LogP contribution in [0.4, 0.5) is 0 Å². The van der Waals surface area contributed by atoms with E-state index in [1.54, 1.807) is 0 Å². The van der Waals surface area contributed by atoms with E-state index in [1.165, 1.54) is 0 Å². The lowest BCUT2D eigenvalue weighted by molar-refractivity contribution is 1.63. The van der Waals surface area contributed by atoms with Crippen molar-refractivity contribution in [1.29, 1.82) is 0 Å². The highest BCUT2D eigenvalue weighted by molar-refractivity contribution is 9.10. The van der Waals surface area contributed by atoms with Gasteiger partial charge in [-0.2, -0.15) is 0 Å². The van der Waals surface area contributed by atoms with Gasteiger partial charge in [-0.05, 0) is 55.9 Å². The van der Waals surface area contributed by atoms with Gasteiger partial charge in [0.15, 0.2) is 0 Å². The molecule has 0 atom stereocenters. The number of hydrogen-bond donors (Lipinski definition) is 0. The fourth-order valence-corrected chi connectivity index (χ4v) is 3.12. The van der Waals surface area contributed by atoms with Crippen molar-refractivity contribution in [2.24, 2.45) is 0 Å². The molecule has 0 amide bonds. The third-order valence-electron chi connectivity index (χ3n) is 3.97. The fourth-order valence-electron chi connectivity index (χ4n) is 2.92. The molecule has 0 radical (unpaired) electrons. The van der Waals surface area contributed by atoms with E-state index in [9.17, 15) is 0 Å². The molecular formula is C26H17Br. The first-order chi connectivity index (χ1) is 20.4. The third kappa shape index (κ3) is 2.75. The molecule has 0 aromatic heterocycles. The zero-order valence-electron chi connectivity index (χ0n) is 30.4. The number of hydrogen-bond acceptors (Lipinski definition) is 0. The number of fused-ring (bicyclic) bond motifs is 2. The van der Waals surface area contributed by atoms with Gasteiger partial charge in [-0.1, -0.05) is 107 Å². The van der Waals surface area contributed by atoms with Gasteiger partial charge >= 0.3 is 0 Å². The molecule has 128 valence electrons. The third-order valence-corrected chi connectivity index (χ3v) is 4.37. The van der Waals surface area contributed by atoms with Gasteiger partial charge in [-0.15, -0.1) is 0 Å². The molecule has 0 aliphatic heterocycles. The normalized spacial score (nSPS) is 20.0. The summed E-state index contributed by atoms with van der Waals surface area (Å²) in [5.41, 5.74) is -2.08. The van der Waals surface area contributed by atoms with Crippen molar-refractivity contribution >= 4 is 37.5 Å². The SMILES string of the molecule is [2H]c1c([2H])c([2H])c(-c2c3c([2H])c([2H])c([2H])c([2H])c3c(-c3c([2H])c([2H])c(Br)c([2H])c3[2H])c3c([2H])c([2H])c([2H])c([2H])c23)c([2H])c1[2H]. The molecule has 0 nitrogen and oxygen atoms in total. The van der Waals surface area contributed by atoms with E-state index >= 15 is 0 Å². The van der Waals surface area contributed by atoms with Crippen LogP contribution >= 0.6 is 15.9 Å². The van der Waals surface area contributed by atoms with Gasteiger partial charge in [0.05, 0.1) is 23.3 Å². The summed E-state index contributed by atoms with van der Waals surface area (Å²) in [5, 5.41) is -1.97. The van der Waals surface area contributed by atoms with Crippen LogP contribution in [-0.2, 0) is 0 Å². The second-order valence-electron chi connectivity index (χ2n) is 5.44. The Kier molecular flexibility index (Phi) is 1.56. The van der Waals surface area contributed by atoms with Crippen LogP contribution in [-0.4, -0.2) is 0 Å². The van der Waals surface area contributed by atoms with E-state index in [4.69, 9.17) is 23.3 Å². The van der Waals surface area contributed by atoms with Crippen LogP contribution in [0.1, 0.15) is 23.3 Å². The minimum Gasteiger partial charge on any atom is -0.0622 e. The van der Waals surface area contributed by atoms with Crippen molar-refractivity contribution in [2.45, 2.75) is 0 Å². The summed E-state index contributed by atoms with van der Waals surface area (Å²) >= 11 is 3.01. The molecular weight excluding hydrogens is 392 g/mol. The van der Waals surface area contributed by atoms with Crippen LogP contribution in [0.25, 0.3) is 43.8 Å². The van der Waals surface area contributed by atoms with Crippen LogP contribution < -0.4 is 0 Å². The molecule has 0 N–H and O–H groups in total. The van der Waals surface area contributed by atoms with Crippen LogP contribution in [0.2, 0.25) is 0 Å². The molecule has 0 spiro atoms. The number of rotatable bonds is 2. The standard InChI is InChI=1S/C26H17Br/c27-20-16-14-19(15-17-20)26-23-12-6-4-10-21(23)25(18-8-2-1-3-9-18)22-11-5-7-13-24(22)26/h1-17H/i1D,2D,3D,4D,5D,6D,7D,8D,9D,10D,11D,12D,13D,14D,15D,16D,17D. The monoisotopic (exact) mass is 425 g/mol. The summed E-state index contributed by atoms with van der Waals surface area (Å²) in [5.74, 6) is 0. The van der Waals surface area contributed by atoms with Gasteiger partial charge in [0.25, 0.3) is 0 Å². The molecule has 27 heavy (non-hydrogen) atoms. The Morgan fingerprint density at radius 2 is 0.815 bits per heavy atom. The Morgan fingerprint density at radius 3 is 1.26 bits per heavy atom. The van der Waals surface area contributed by atoms with Gasteiger partial charge in [0.2, 0.25) is 0 Å². The molecule has 0 aliphatic carbocycles. The van der Waals surface area contributed by atoms with E-state index < -0.39 is 147 Å². The largest absolute Gasteiger partial charge is 0.0635 e. The predicted molar refractivity (Wildman–Crippen MR) is 120 cm³/mol. The maximum Gasteiger partial charge on any atom is 0.0635 e. The minimum atomic E-state index is -0.808. The lowest BCUT2D eigenvalue weighted by Crippen LogP contribution is -1.90. The van der Waals surface area contributed by atoms with Crippen LogP contribution in [0.5, 0.6) is 0 Å². The van der Waals surface area contributed by atoms with Gasteiger partial charge in [-0.25, -0.2) is 0 Å². The summed E-state index contributed by atoms with van der Waals surface area (Å²) in [6, 6.07) is -12.9. The highest BCUT2D eigenvalue weighted by Crippen LogP contribution is 2.43. The predicted octanol–water partition coefficient (Wildman–Crippen LogP) is 8.09. The minimum absolute atomic E-state index is 0.218. The van der Waals surface area contributed by atoms with Gasteiger partial charge < -0.3 is 0 Å². The summed E-state index contributed by atoms with van der Waals surface area (Å²) in [4.78, 5) is 0. The lowest BCUT2D eigenvalue weighted by Gasteiger charge is -2.17. The highest BCUT2D eigenvalue weighted by Gasteiger charge is 2.15. The molecule has 5 aromatic carbocycles. The fraction of sp³-hybridized carbons (Fsp3) is 0. The Bertz CT molecular complexity index is 1870. The summed E-state index contributed by atoms with van der Waals surface area (Å²) in [6.07, 6.45) is 0. The second kappa shape index (κ2) is 6.68. The maximum atomic E-state index is 8.88. The Labute approximate surface area is 191 Å². The van der Waals surface area contributed by atoms with E-state index in [0.717, 1.165) is 0 Å². The molecule has 0 heterocycles. The number of benzene rings is 5. The van der Waals surface area contributed by atoms with Crippen LogP contribution in [0.3, 0.4) is 0 Å². The smallest absolute Gasteiger partial charge is 0.0622 e. The van der Waals surface area contributed by atoms with E-state index in [-0.39, 0.29) is 4.47 Å². The van der Waals surface area contributed by atoms with Crippen LogP contribution in [0.15, 0.2) is 107 Å². The van der Waals surface area contributed by atoms with E-state index in [2.05, 4.69) is 15.9 Å². The van der Waals surface area contributed by atoms with Crippen molar-refractivity contribution in [3.8, 4) is 22.3 Å². The first-order valence-corrected chi connectivity index (χ1v) is 8.48. The molecule has 0 saturated heterocycles. The maximum absolute atomic E-state index is 8.88. The number of halogens is 1. The van der Waals surface area contributed by atoms with Gasteiger partial charge in [-0.3, -0.25) is 0 Å². The average Bonchev–Trinajstić information content (AvgIpc) is 3.00. The zero-order chi connectivity index (χ0) is 33.0. The summed E-state index contributed by atoms with van der Waals surface area (Å²) < 4.78 is 145. The van der Waals surface area contributed by atoms with Crippen molar-refractivity contribution in [3.05, 3.63) is 107 Å². The molecule has 0 fully saturated rings. The van der Waals surface area contributed by atoms with E-state index in [0.29, 0.717) is 0 Å². The zero-order valence-corrected chi connectivity index (χ0v) is 15.0. The highest BCUT2D eigenvalue weighted by atomic mass is 79.9. The molecule has 5 aromatic rings. The molecule has 0 aliphatic rings. The average molecular weight is 426 g/mol. The molecule has 0 saturated carbocycles. The van der Waals surface area contributed by atoms with Crippen LogP contribution in [0, 0.1) is 0 Å². The molecule has 0 unspecified atom stereocenters. The summed E-state index contributed by atoms with van der Waals surface area (Å²) in [6.45, 7) is 0. The second-order valence-corrected chi connectivity index (χ2v) is 6.23. The molecule has 0 bridgehead atoms. The van der Waals surface area contributed by atoms with Gasteiger partial charge in [0.1, 0.15) is 0 Å². The molecule has 5 rings (SSSR count). The lowest BCUT2D eigenvalue weighted by atomic mass is 9.86. The summed E-state index contributed by atoms with van der Waals surface area (Å²) in [7, 11) is 0. The van der Waals surface area contributed by atoms with Gasteiger partial charge in [0, 0.05) is 4.47 Å². The van der Waals surface area contributed by atoms with E-state index in [1.807, 2.05) is 0 Å². The Morgan fingerprint density at radius 1 is 0.444 bits per heavy atom. The quantitative estimate of drug-likeness (QED) is 0.250.